The summed E-state index contributed by atoms with van der Waals surface area (Å²) in [5, 5.41) is 10.4. The first kappa shape index (κ1) is 22.6. The van der Waals surface area contributed by atoms with E-state index in [-0.39, 0.29) is 11.3 Å². The number of aromatic nitrogens is 6. The maximum absolute atomic E-state index is 16.0. The second-order valence-electron chi connectivity index (χ2n) is 9.74. The fourth-order valence-electron chi connectivity index (χ4n) is 4.12. The Morgan fingerprint density at radius 2 is 1.95 bits per heavy atom. The number of nitrogens with one attached hydrogen (secondary N) is 3. The quantitative estimate of drug-likeness (QED) is 0.278. The molecule has 0 saturated heterocycles. The third-order valence-electron chi connectivity index (χ3n) is 6.10. The minimum absolute atomic E-state index is 0.159. The number of nitrogens with zero attached hydrogens (tertiary/aromatic N) is 4. The van der Waals surface area contributed by atoms with Gasteiger partial charge in [-0.05, 0) is 30.3 Å². The maximum Gasteiger partial charge on any atom is 0.229 e. The van der Waals surface area contributed by atoms with Gasteiger partial charge >= 0.3 is 0 Å². The Morgan fingerprint density at radius 3 is 2.73 bits per heavy atom. The number of rotatable bonds is 4. The predicted molar refractivity (Wildman–Crippen MR) is 138 cm³/mol. The van der Waals surface area contributed by atoms with Gasteiger partial charge in [-0.3, -0.25) is 14.9 Å². The Bertz CT molecular complexity index is 1780. The van der Waals surface area contributed by atoms with Gasteiger partial charge in [-0.25, -0.2) is 14.4 Å². The molecule has 0 aliphatic rings. The monoisotopic (exact) mass is 495 g/mol. The van der Waals surface area contributed by atoms with Gasteiger partial charge in [0, 0.05) is 40.1 Å². The molecule has 0 saturated carbocycles. The Hall–Kier alpha value is -4.86. The van der Waals surface area contributed by atoms with Crippen molar-refractivity contribution in [3.8, 4) is 33.8 Å². The molecule has 37 heavy (non-hydrogen) atoms. The second-order valence-corrected chi connectivity index (χ2v) is 9.74. The first-order valence-corrected chi connectivity index (χ1v) is 11.6. The van der Waals surface area contributed by atoms with Crippen LogP contribution < -0.4 is 5.32 Å². The summed E-state index contributed by atoms with van der Waals surface area (Å²) < 4.78 is 21.3. The smallest absolute Gasteiger partial charge is 0.229 e. The zero-order valence-corrected chi connectivity index (χ0v) is 20.3. The van der Waals surface area contributed by atoms with Crippen LogP contribution in [0.4, 0.5) is 10.1 Å². The van der Waals surface area contributed by atoms with Gasteiger partial charge in [0.2, 0.25) is 5.91 Å². The molecule has 10 heteroatoms. The highest BCUT2D eigenvalue weighted by molar-refractivity contribution is 5.98. The van der Waals surface area contributed by atoms with Gasteiger partial charge in [0.25, 0.3) is 0 Å². The number of aromatic amines is 2. The van der Waals surface area contributed by atoms with Crippen molar-refractivity contribution in [2.24, 2.45) is 5.41 Å². The molecule has 0 radical (unpaired) electrons. The van der Waals surface area contributed by atoms with Crippen LogP contribution >= 0.6 is 0 Å². The minimum atomic E-state index is -0.579. The lowest BCUT2D eigenvalue weighted by molar-refractivity contribution is -0.123. The number of hydrogen-bond acceptors (Lipinski definition) is 6. The summed E-state index contributed by atoms with van der Waals surface area (Å²) in [4.78, 5) is 28.8. The van der Waals surface area contributed by atoms with Crippen molar-refractivity contribution in [3.05, 3.63) is 67.3 Å². The molecule has 1 aromatic carbocycles. The number of carbonyl (C=O) groups is 1. The maximum atomic E-state index is 16.0. The SMILES string of the molecule is CC(C)(C)C(=O)Nc1cncc(-c2ccc3[nH]nc(-c4nc5nccc(-c6ccoc6)c5[nH]4)c3c2F)c1. The van der Waals surface area contributed by atoms with Crippen molar-refractivity contribution in [1.29, 1.82) is 0 Å². The van der Waals surface area contributed by atoms with Crippen LogP contribution in [0.15, 0.2) is 65.9 Å². The molecule has 0 bridgehead atoms. The normalized spacial score (nSPS) is 11.9. The molecule has 0 aliphatic heterocycles. The Kier molecular flexibility index (Phi) is 5.11. The molecule has 0 fully saturated rings. The molecule has 0 unspecified atom stereocenters. The number of halogens is 1. The summed E-state index contributed by atoms with van der Waals surface area (Å²) in [5.74, 6) is -0.260. The Labute approximate surface area is 210 Å². The van der Waals surface area contributed by atoms with Crippen molar-refractivity contribution < 1.29 is 13.6 Å². The highest BCUT2D eigenvalue weighted by atomic mass is 19.1. The molecule has 0 spiro atoms. The summed E-state index contributed by atoms with van der Waals surface area (Å²) >= 11 is 0. The average Bonchev–Trinajstić information content (AvgIpc) is 3.63. The van der Waals surface area contributed by atoms with Crippen molar-refractivity contribution in [3.63, 3.8) is 0 Å². The van der Waals surface area contributed by atoms with Crippen LogP contribution in [0.3, 0.4) is 0 Å². The molecule has 1 amide bonds. The predicted octanol–water partition coefficient (Wildman–Crippen LogP) is 5.95. The first-order valence-electron chi connectivity index (χ1n) is 11.6. The summed E-state index contributed by atoms with van der Waals surface area (Å²) in [7, 11) is 0. The fraction of sp³-hybridized carbons (Fsp3) is 0.148. The van der Waals surface area contributed by atoms with Gasteiger partial charge in [0.15, 0.2) is 11.5 Å². The van der Waals surface area contributed by atoms with Gasteiger partial charge in [-0.1, -0.05) is 20.8 Å². The van der Waals surface area contributed by atoms with Crippen molar-refractivity contribution >= 4 is 33.7 Å². The number of H-pyrrole nitrogens is 2. The third kappa shape index (κ3) is 3.92. The zero-order chi connectivity index (χ0) is 25.7. The van der Waals surface area contributed by atoms with Crippen LogP contribution in [0.1, 0.15) is 20.8 Å². The lowest BCUT2D eigenvalue weighted by Crippen LogP contribution is -2.27. The summed E-state index contributed by atoms with van der Waals surface area (Å²) in [5.41, 5.74) is 4.50. The topological polar surface area (TPSA) is 125 Å². The largest absolute Gasteiger partial charge is 0.472 e. The van der Waals surface area contributed by atoms with Crippen LogP contribution in [0, 0.1) is 11.2 Å². The lowest BCUT2D eigenvalue weighted by atomic mass is 9.95. The van der Waals surface area contributed by atoms with Gasteiger partial charge in [0.1, 0.15) is 11.5 Å². The van der Waals surface area contributed by atoms with E-state index in [0.29, 0.717) is 45.0 Å². The van der Waals surface area contributed by atoms with E-state index in [1.165, 1.54) is 6.20 Å². The van der Waals surface area contributed by atoms with E-state index in [1.807, 2.05) is 32.9 Å². The average molecular weight is 496 g/mol. The van der Waals surface area contributed by atoms with Crippen molar-refractivity contribution in [1.82, 2.24) is 30.1 Å². The highest BCUT2D eigenvalue weighted by Gasteiger charge is 2.23. The molecular formula is C27H22FN7O2. The highest BCUT2D eigenvalue weighted by Crippen LogP contribution is 2.35. The lowest BCUT2D eigenvalue weighted by Gasteiger charge is -2.17. The van der Waals surface area contributed by atoms with Crippen LogP contribution in [-0.2, 0) is 4.79 Å². The number of benzene rings is 1. The molecular weight excluding hydrogens is 473 g/mol. The summed E-state index contributed by atoms with van der Waals surface area (Å²) in [6, 6.07) is 8.81. The molecule has 6 aromatic rings. The molecule has 184 valence electrons. The molecule has 6 rings (SSSR count). The summed E-state index contributed by atoms with van der Waals surface area (Å²) in [6.45, 7) is 5.46. The number of hydrogen-bond donors (Lipinski definition) is 3. The molecule has 0 aliphatic carbocycles. The van der Waals surface area contributed by atoms with E-state index in [9.17, 15) is 4.79 Å². The number of fused-ring (bicyclic) bond motifs is 2. The van der Waals surface area contributed by atoms with E-state index in [0.717, 1.165) is 11.1 Å². The van der Waals surface area contributed by atoms with Gasteiger partial charge in [-0.15, -0.1) is 0 Å². The van der Waals surface area contributed by atoms with Crippen molar-refractivity contribution in [2.45, 2.75) is 20.8 Å². The van der Waals surface area contributed by atoms with Crippen LogP contribution in [0.5, 0.6) is 0 Å². The molecule has 9 nitrogen and oxygen atoms in total. The molecule has 3 N–H and O–H groups in total. The van der Waals surface area contributed by atoms with E-state index >= 15 is 4.39 Å². The number of anilines is 1. The van der Waals surface area contributed by atoms with Crippen LogP contribution in [0.2, 0.25) is 0 Å². The minimum Gasteiger partial charge on any atom is -0.472 e. The number of pyridine rings is 2. The third-order valence-corrected chi connectivity index (χ3v) is 6.10. The van der Waals surface area contributed by atoms with Crippen molar-refractivity contribution in [2.75, 3.05) is 5.32 Å². The van der Waals surface area contributed by atoms with E-state index in [4.69, 9.17) is 4.42 Å². The number of carbonyl (C=O) groups excluding carboxylic acids is 1. The van der Waals surface area contributed by atoms with Gasteiger partial charge in [0.05, 0.1) is 40.8 Å². The van der Waals surface area contributed by atoms with E-state index in [1.54, 1.807) is 43.1 Å². The molecule has 5 heterocycles. The second kappa shape index (κ2) is 8.37. The van der Waals surface area contributed by atoms with Crippen LogP contribution in [-0.4, -0.2) is 36.0 Å². The zero-order valence-electron chi connectivity index (χ0n) is 20.3. The molecule has 5 aromatic heterocycles. The molecule has 0 atom stereocenters. The van der Waals surface area contributed by atoms with E-state index < -0.39 is 11.2 Å². The first-order chi connectivity index (χ1) is 17.8. The van der Waals surface area contributed by atoms with Gasteiger partial charge in [-0.2, -0.15) is 5.10 Å². The van der Waals surface area contributed by atoms with E-state index in [2.05, 4.69) is 35.5 Å². The number of imidazole rings is 1. The number of amides is 1. The number of furan rings is 1. The van der Waals surface area contributed by atoms with Gasteiger partial charge < -0.3 is 14.7 Å². The van der Waals surface area contributed by atoms with Crippen LogP contribution in [0.25, 0.3) is 55.8 Å². The summed E-state index contributed by atoms with van der Waals surface area (Å²) in [6.07, 6.45) is 7.98. The Morgan fingerprint density at radius 1 is 1.08 bits per heavy atom. The Balaban J connectivity index is 1.44. The fourth-order valence-corrected chi connectivity index (χ4v) is 4.12. The standard InChI is InChI=1S/C27H22FN7O2/c1-27(2,3)26(36)31-16-10-15(11-29-12-16)17-4-5-19-20(21(17)28)23(35-34-19)25-32-22-18(14-7-9-37-13-14)6-8-30-24(22)33-25/h4-13H,1-3H3,(H,31,36)(H,34,35)(H,30,32,33).